The van der Waals surface area contributed by atoms with Crippen LogP contribution in [0.15, 0.2) is 12.1 Å². The van der Waals surface area contributed by atoms with E-state index in [2.05, 4.69) is 4.98 Å². The smallest absolute Gasteiger partial charge is 0.256 e. The van der Waals surface area contributed by atoms with Crippen molar-refractivity contribution in [3.8, 4) is 0 Å². The second-order valence-corrected chi connectivity index (χ2v) is 5.60. The van der Waals surface area contributed by atoms with E-state index in [1.165, 1.54) is 19.3 Å². The quantitative estimate of drug-likeness (QED) is 0.919. The maximum absolute atomic E-state index is 12.7. The lowest BCUT2D eigenvalue weighted by Crippen LogP contribution is -2.43. The molecule has 0 atom stereocenters. The van der Waals surface area contributed by atoms with Crippen molar-refractivity contribution >= 4 is 5.91 Å². The number of aliphatic hydroxyl groups is 1. The summed E-state index contributed by atoms with van der Waals surface area (Å²) in [5.41, 5.74) is 2.36. The summed E-state index contributed by atoms with van der Waals surface area (Å²) in [6.07, 6.45) is 5.69. The van der Waals surface area contributed by atoms with Crippen LogP contribution in [0.3, 0.4) is 0 Å². The van der Waals surface area contributed by atoms with Gasteiger partial charge in [-0.2, -0.15) is 0 Å². The summed E-state index contributed by atoms with van der Waals surface area (Å²) >= 11 is 0. The largest absolute Gasteiger partial charge is 0.395 e. The summed E-state index contributed by atoms with van der Waals surface area (Å²) < 4.78 is 0. The van der Waals surface area contributed by atoms with E-state index < -0.39 is 0 Å². The Kier molecular flexibility index (Phi) is 5.12. The van der Waals surface area contributed by atoms with Gasteiger partial charge in [-0.25, -0.2) is 0 Å². The Labute approximate surface area is 120 Å². The van der Waals surface area contributed by atoms with Gasteiger partial charge in [-0.05, 0) is 38.8 Å². The predicted molar refractivity (Wildman–Crippen MR) is 78.7 cm³/mol. The topological polar surface area (TPSA) is 53.4 Å². The predicted octanol–water partition coefficient (Wildman–Crippen LogP) is 2.47. The molecule has 0 aromatic carbocycles. The highest BCUT2D eigenvalue weighted by Gasteiger charge is 2.26. The monoisotopic (exact) mass is 276 g/mol. The number of nitrogens with zero attached hydrogens (tertiary/aromatic N) is 2. The lowest BCUT2D eigenvalue weighted by Gasteiger charge is -2.34. The van der Waals surface area contributed by atoms with Crippen LogP contribution >= 0.6 is 0 Å². The normalized spacial score (nSPS) is 16.1. The van der Waals surface area contributed by atoms with Crippen molar-refractivity contribution in [2.24, 2.45) is 0 Å². The van der Waals surface area contributed by atoms with Crippen LogP contribution in [0.1, 0.15) is 53.8 Å². The molecular weight excluding hydrogens is 252 g/mol. The van der Waals surface area contributed by atoms with E-state index in [1.807, 2.05) is 30.9 Å². The van der Waals surface area contributed by atoms with E-state index in [-0.39, 0.29) is 18.6 Å². The number of hydrogen-bond acceptors (Lipinski definition) is 3. The summed E-state index contributed by atoms with van der Waals surface area (Å²) in [6.45, 7) is 4.23. The van der Waals surface area contributed by atoms with Crippen molar-refractivity contribution in [3.63, 3.8) is 0 Å². The van der Waals surface area contributed by atoms with E-state index in [1.54, 1.807) is 0 Å². The number of hydrogen-bond donors (Lipinski definition) is 1. The Bertz CT molecular complexity index is 468. The average Bonchev–Trinajstić information content (AvgIpc) is 2.45. The molecule has 0 radical (unpaired) electrons. The molecule has 0 unspecified atom stereocenters. The third kappa shape index (κ3) is 3.37. The number of carbonyl (C=O) groups excluding carboxylic acids is 1. The molecule has 1 N–H and O–H groups in total. The first-order valence-corrected chi connectivity index (χ1v) is 7.49. The SMILES string of the molecule is Cc1ccc(C(=O)N(CCO)C2CCCCC2)c(C)n1. The van der Waals surface area contributed by atoms with Gasteiger partial charge in [0.25, 0.3) is 5.91 Å². The van der Waals surface area contributed by atoms with Gasteiger partial charge < -0.3 is 10.0 Å². The molecule has 4 heteroatoms. The maximum Gasteiger partial charge on any atom is 0.256 e. The van der Waals surface area contributed by atoms with E-state index in [0.29, 0.717) is 12.1 Å². The van der Waals surface area contributed by atoms with Gasteiger partial charge in [-0.1, -0.05) is 19.3 Å². The molecule has 1 aromatic rings. The first kappa shape index (κ1) is 15.0. The Balaban J connectivity index is 2.21. The Morgan fingerprint density at radius 1 is 1.30 bits per heavy atom. The lowest BCUT2D eigenvalue weighted by atomic mass is 9.93. The van der Waals surface area contributed by atoms with Crippen LogP contribution in [-0.2, 0) is 0 Å². The number of amides is 1. The van der Waals surface area contributed by atoms with Gasteiger partial charge in [0, 0.05) is 18.3 Å². The zero-order valence-corrected chi connectivity index (χ0v) is 12.4. The highest BCUT2D eigenvalue weighted by molar-refractivity contribution is 5.95. The van der Waals surface area contributed by atoms with Gasteiger partial charge in [0.15, 0.2) is 0 Å². The molecule has 0 saturated heterocycles. The van der Waals surface area contributed by atoms with Crippen LogP contribution < -0.4 is 0 Å². The fraction of sp³-hybridized carbons (Fsp3) is 0.625. The molecule has 1 aliphatic carbocycles. The molecule has 1 amide bonds. The molecule has 1 fully saturated rings. The van der Waals surface area contributed by atoms with E-state index in [0.717, 1.165) is 24.2 Å². The van der Waals surface area contributed by atoms with Gasteiger partial charge in [0.05, 0.1) is 17.9 Å². The van der Waals surface area contributed by atoms with E-state index >= 15 is 0 Å². The maximum atomic E-state index is 12.7. The Morgan fingerprint density at radius 3 is 2.60 bits per heavy atom. The van der Waals surface area contributed by atoms with Gasteiger partial charge >= 0.3 is 0 Å². The van der Waals surface area contributed by atoms with Gasteiger partial charge in [-0.15, -0.1) is 0 Å². The Morgan fingerprint density at radius 2 is 2.00 bits per heavy atom. The number of aromatic nitrogens is 1. The summed E-state index contributed by atoms with van der Waals surface area (Å²) in [4.78, 5) is 19.0. The fourth-order valence-electron chi connectivity index (χ4n) is 3.02. The minimum absolute atomic E-state index is 0.0101. The molecule has 1 heterocycles. The Hall–Kier alpha value is -1.42. The minimum Gasteiger partial charge on any atom is -0.395 e. The van der Waals surface area contributed by atoms with E-state index in [4.69, 9.17) is 0 Å². The summed E-state index contributed by atoms with van der Waals surface area (Å²) in [6, 6.07) is 4.00. The standard InChI is InChI=1S/C16H24N2O2/c1-12-8-9-15(13(2)17-12)16(20)18(10-11-19)14-6-4-3-5-7-14/h8-9,14,19H,3-7,10-11H2,1-2H3. The molecular formula is C16H24N2O2. The van der Waals surface area contributed by atoms with Crippen LogP contribution in [0.25, 0.3) is 0 Å². The average molecular weight is 276 g/mol. The summed E-state index contributed by atoms with van der Waals surface area (Å²) in [5, 5.41) is 9.27. The lowest BCUT2D eigenvalue weighted by molar-refractivity contribution is 0.0584. The highest BCUT2D eigenvalue weighted by Crippen LogP contribution is 2.24. The third-order valence-corrected chi connectivity index (χ3v) is 4.07. The number of rotatable bonds is 4. The highest BCUT2D eigenvalue weighted by atomic mass is 16.3. The van der Waals surface area contributed by atoms with Crippen molar-refractivity contribution < 1.29 is 9.90 Å². The summed E-state index contributed by atoms with van der Waals surface area (Å²) in [7, 11) is 0. The van der Waals surface area contributed by atoms with Crippen molar-refractivity contribution in [1.82, 2.24) is 9.88 Å². The van der Waals surface area contributed by atoms with Crippen LogP contribution in [0.4, 0.5) is 0 Å². The van der Waals surface area contributed by atoms with Crippen molar-refractivity contribution in [2.45, 2.75) is 52.0 Å². The molecule has 4 nitrogen and oxygen atoms in total. The van der Waals surface area contributed by atoms with E-state index in [9.17, 15) is 9.90 Å². The van der Waals surface area contributed by atoms with Crippen molar-refractivity contribution in [3.05, 3.63) is 29.1 Å². The number of pyridine rings is 1. The molecule has 110 valence electrons. The van der Waals surface area contributed by atoms with Crippen LogP contribution in [-0.4, -0.2) is 40.1 Å². The minimum atomic E-state index is 0.0101. The fourth-order valence-corrected chi connectivity index (χ4v) is 3.02. The second-order valence-electron chi connectivity index (χ2n) is 5.60. The van der Waals surface area contributed by atoms with Crippen LogP contribution in [0.2, 0.25) is 0 Å². The van der Waals surface area contributed by atoms with Crippen LogP contribution in [0.5, 0.6) is 0 Å². The van der Waals surface area contributed by atoms with Crippen LogP contribution in [0, 0.1) is 13.8 Å². The second kappa shape index (κ2) is 6.84. The number of aryl methyl sites for hydroxylation is 2. The van der Waals surface area contributed by atoms with Gasteiger partial charge in [-0.3, -0.25) is 9.78 Å². The zero-order valence-electron chi connectivity index (χ0n) is 12.4. The molecule has 2 rings (SSSR count). The number of carbonyl (C=O) groups is 1. The third-order valence-electron chi connectivity index (χ3n) is 4.07. The zero-order chi connectivity index (χ0) is 14.5. The van der Waals surface area contributed by atoms with Crippen molar-refractivity contribution in [2.75, 3.05) is 13.2 Å². The number of aliphatic hydroxyl groups excluding tert-OH is 1. The van der Waals surface area contributed by atoms with Crippen molar-refractivity contribution in [1.29, 1.82) is 0 Å². The van der Waals surface area contributed by atoms with Gasteiger partial charge in [0.2, 0.25) is 0 Å². The molecule has 1 aromatic heterocycles. The molecule has 0 aliphatic heterocycles. The molecule has 0 bridgehead atoms. The first-order valence-electron chi connectivity index (χ1n) is 7.49. The molecule has 0 spiro atoms. The van der Waals surface area contributed by atoms with Gasteiger partial charge in [0.1, 0.15) is 0 Å². The molecule has 20 heavy (non-hydrogen) atoms. The molecule has 1 saturated carbocycles. The first-order chi connectivity index (χ1) is 9.63. The summed E-state index contributed by atoms with van der Waals surface area (Å²) in [5.74, 6) is 0.0101. The molecule has 1 aliphatic rings.